The third-order valence-corrected chi connectivity index (χ3v) is 3.52. The van der Waals surface area contributed by atoms with Gasteiger partial charge in [0.15, 0.2) is 0 Å². The second-order valence-electron chi connectivity index (χ2n) is 4.89. The summed E-state index contributed by atoms with van der Waals surface area (Å²) in [5.74, 6) is 1.39. The second-order valence-corrected chi connectivity index (χ2v) is 4.89. The van der Waals surface area contributed by atoms with Crippen LogP contribution in [0.25, 0.3) is 11.4 Å². The van der Waals surface area contributed by atoms with E-state index in [4.69, 9.17) is 0 Å². The third-order valence-electron chi connectivity index (χ3n) is 3.52. The molecule has 1 aromatic carbocycles. The highest BCUT2D eigenvalue weighted by Gasteiger charge is 2.12. The smallest absolute Gasteiger partial charge is 0.204 e. The maximum atomic E-state index is 3.99. The van der Waals surface area contributed by atoms with Crippen molar-refractivity contribution in [2.45, 2.75) is 12.8 Å². The summed E-state index contributed by atoms with van der Waals surface area (Å²) in [5.41, 5.74) is 2.09. The molecular formula is C13H18N6. The highest BCUT2D eigenvalue weighted by Crippen LogP contribution is 2.19. The number of hydrogen-bond acceptors (Lipinski definition) is 5. The molecule has 3 N–H and O–H groups in total. The number of aromatic nitrogens is 4. The summed E-state index contributed by atoms with van der Waals surface area (Å²) in [6, 6.07) is 8.13. The first-order valence-corrected chi connectivity index (χ1v) is 6.70. The van der Waals surface area contributed by atoms with Gasteiger partial charge in [0.25, 0.3) is 0 Å². The van der Waals surface area contributed by atoms with Crippen LogP contribution < -0.4 is 10.6 Å². The van der Waals surface area contributed by atoms with Gasteiger partial charge in [-0.05, 0) is 49.2 Å². The molecule has 0 unspecified atom stereocenters. The quantitative estimate of drug-likeness (QED) is 0.770. The summed E-state index contributed by atoms with van der Waals surface area (Å²) in [6.07, 6.45) is 2.50. The molecule has 0 saturated carbocycles. The van der Waals surface area contributed by atoms with Crippen molar-refractivity contribution in [2.75, 3.05) is 25.0 Å². The van der Waals surface area contributed by atoms with Gasteiger partial charge in [-0.2, -0.15) is 5.21 Å². The Bertz CT molecular complexity index is 504. The van der Waals surface area contributed by atoms with Gasteiger partial charge in [-0.25, -0.2) is 0 Å². The molecule has 0 radical (unpaired) electrons. The number of benzene rings is 1. The Morgan fingerprint density at radius 1 is 1.26 bits per heavy atom. The average Bonchev–Trinajstić information content (AvgIpc) is 3.01. The molecular weight excluding hydrogens is 240 g/mol. The van der Waals surface area contributed by atoms with E-state index < -0.39 is 0 Å². The van der Waals surface area contributed by atoms with Crippen molar-refractivity contribution >= 4 is 5.69 Å². The second kappa shape index (κ2) is 5.79. The van der Waals surface area contributed by atoms with Crippen LogP contribution in [0.5, 0.6) is 0 Å². The summed E-state index contributed by atoms with van der Waals surface area (Å²) < 4.78 is 0. The monoisotopic (exact) mass is 258 g/mol. The van der Waals surface area contributed by atoms with Crippen LogP contribution in [-0.2, 0) is 0 Å². The predicted octanol–water partition coefficient (Wildman–Crippen LogP) is 1.28. The average molecular weight is 258 g/mol. The zero-order valence-electron chi connectivity index (χ0n) is 10.8. The Hall–Kier alpha value is -1.95. The Balaban J connectivity index is 1.63. The van der Waals surface area contributed by atoms with Crippen LogP contribution in [0, 0.1) is 5.92 Å². The van der Waals surface area contributed by atoms with Gasteiger partial charge in [0.1, 0.15) is 0 Å². The number of tetrazole rings is 1. The number of nitrogens with one attached hydrogen (secondary N) is 3. The first-order chi connectivity index (χ1) is 9.42. The number of hydrogen-bond donors (Lipinski definition) is 3. The molecule has 2 heterocycles. The molecule has 0 aliphatic carbocycles. The highest BCUT2D eigenvalue weighted by atomic mass is 15.5. The molecule has 6 heteroatoms. The van der Waals surface area contributed by atoms with E-state index in [1.54, 1.807) is 0 Å². The van der Waals surface area contributed by atoms with Crippen molar-refractivity contribution in [3.8, 4) is 11.4 Å². The molecule has 1 aromatic heterocycles. The minimum atomic E-state index is 0.630. The molecule has 1 saturated heterocycles. The Labute approximate surface area is 112 Å². The summed E-state index contributed by atoms with van der Waals surface area (Å²) in [6.45, 7) is 3.29. The van der Waals surface area contributed by atoms with Crippen LogP contribution in [0.1, 0.15) is 12.8 Å². The lowest BCUT2D eigenvalue weighted by atomic mass is 9.98. The maximum absolute atomic E-state index is 3.99. The number of anilines is 1. The van der Waals surface area contributed by atoms with Gasteiger partial charge in [-0.15, -0.1) is 10.2 Å². The number of rotatable bonds is 4. The fourth-order valence-corrected chi connectivity index (χ4v) is 2.40. The van der Waals surface area contributed by atoms with E-state index >= 15 is 0 Å². The molecule has 19 heavy (non-hydrogen) atoms. The lowest BCUT2D eigenvalue weighted by molar-refractivity contribution is 0.390. The molecule has 0 bridgehead atoms. The van der Waals surface area contributed by atoms with Gasteiger partial charge in [-0.1, -0.05) is 12.1 Å². The van der Waals surface area contributed by atoms with Crippen molar-refractivity contribution in [2.24, 2.45) is 5.92 Å². The molecule has 0 spiro atoms. The first-order valence-electron chi connectivity index (χ1n) is 6.70. The summed E-state index contributed by atoms with van der Waals surface area (Å²) in [4.78, 5) is 0. The van der Waals surface area contributed by atoms with Gasteiger partial charge >= 0.3 is 0 Å². The van der Waals surface area contributed by atoms with Crippen molar-refractivity contribution < 1.29 is 0 Å². The SMILES string of the molecule is c1cc(NCC2CCNCC2)cc(-c2nn[nH]n2)c1. The van der Waals surface area contributed by atoms with Gasteiger partial charge in [0.2, 0.25) is 5.82 Å². The molecule has 1 aliphatic heterocycles. The number of nitrogens with zero attached hydrogens (tertiary/aromatic N) is 3. The zero-order valence-corrected chi connectivity index (χ0v) is 10.8. The van der Waals surface area contributed by atoms with E-state index in [1.807, 2.05) is 12.1 Å². The molecule has 1 aliphatic rings. The number of H-pyrrole nitrogens is 1. The molecule has 3 rings (SSSR count). The number of aromatic amines is 1. The van der Waals surface area contributed by atoms with Crippen LogP contribution in [0.3, 0.4) is 0 Å². The number of piperidine rings is 1. The van der Waals surface area contributed by atoms with E-state index in [-0.39, 0.29) is 0 Å². The van der Waals surface area contributed by atoms with Gasteiger partial charge in [0.05, 0.1) is 0 Å². The topological polar surface area (TPSA) is 78.5 Å². The first kappa shape index (κ1) is 12.1. The molecule has 0 atom stereocenters. The molecule has 100 valence electrons. The van der Waals surface area contributed by atoms with E-state index in [0.717, 1.165) is 36.8 Å². The summed E-state index contributed by atoms with van der Waals surface area (Å²) in [5, 5.41) is 20.9. The van der Waals surface area contributed by atoms with Gasteiger partial charge in [0, 0.05) is 17.8 Å². The van der Waals surface area contributed by atoms with Crippen molar-refractivity contribution in [1.29, 1.82) is 0 Å². The van der Waals surface area contributed by atoms with Crippen LogP contribution in [0.4, 0.5) is 5.69 Å². The maximum Gasteiger partial charge on any atom is 0.204 e. The van der Waals surface area contributed by atoms with E-state index in [9.17, 15) is 0 Å². The van der Waals surface area contributed by atoms with Crippen molar-refractivity contribution in [3.05, 3.63) is 24.3 Å². The van der Waals surface area contributed by atoms with Crippen molar-refractivity contribution in [3.63, 3.8) is 0 Å². The lowest BCUT2D eigenvalue weighted by Gasteiger charge is -2.23. The van der Waals surface area contributed by atoms with Gasteiger partial charge < -0.3 is 10.6 Å². The van der Waals surface area contributed by atoms with E-state index in [1.165, 1.54) is 12.8 Å². The third kappa shape index (κ3) is 3.08. The van der Waals surface area contributed by atoms with E-state index in [2.05, 4.69) is 43.4 Å². The zero-order chi connectivity index (χ0) is 12.9. The standard InChI is InChI=1S/C13H18N6/c1-2-11(13-16-18-19-17-13)8-12(3-1)15-9-10-4-6-14-7-5-10/h1-3,8,10,14-15H,4-7,9H2,(H,16,17,18,19). The van der Waals surface area contributed by atoms with Crippen LogP contribution in [0.15, 0.2) is 24.3 Å². The van der Waals surface area contributed by atoms with Crippen LogP contribution in [0.2, 0.25) is 0 Å². The predicted molar refractivity (Wildman–Crippen MR) is 73.7 cm³/mol. The van der Waals surface area contributed by atoms with Crippen LogP contribution in [-0.4, -0.2) is 40.3 Å². The molecule has 6 nitrogen and oxygen atoms in total. The Kier molecular flexibility index (Phi) is 3.69. The fraction of sp³-hybridized carbons (Fsp3) is 0.462. The summed E-state index contributed by atoms with van der Waals surface area (Å²) >= 11 is 0. The minimum Gasteiger partial charge on any atom is -0.385 e. The van der Waals surface area contributed by atoms with Gasteiger partial charge in [-0.3, -0.25) is 0 Å². The van der Waals surface area contributed by atoms with Crippen LogP contribution >= 0.6 is 0 Å². The largest absolute Gasteiger partial charge is 0.385 e. The summed E-state index contributed by atoms with van der Waals surface area (Å²) in [7, 11) is 0. The fourth-order valence-electron chi connectivity index (χ4n) is 2.40. The van der Waals surface area contributed by atoms with E-state index in [0.29, 0.717) is 5.82 Å². The Morgan fingerprint density at radius 2 is 2.16 bits per heavy atom. The normalized spacial score (nSPS) is 16.4. The highest BCUT2D eigenvalue weighted by molar-refractivity contribution is 5.61. The Morgan fingerprint density at radius 3 is 2.95 bits per heavy atom. The molecule has 0 amide bonds. The lowest BCUT2D eigenvalue weighted by Crippen LogP contribution is -2.31. The molecule has 1 fully saturated rings. The van der Waals surface area contributed by atoms with Crippen molar-refractivity contribution in [1.82, 2.24) is 25.9 Å². The minimum absolute atomic E-state index is 0.630. The molecule has 2 aromatic rings.